The van der Waals surface area contributed by atoms with E-state index in [1.165, 1.54) is 11.1 Å². The third-order valence-corrected chi connectivity index (χ3v) is 5.14. The van der Waals surface area contributed by atoms with Gasteiger partial charge in [-0.3, -0.25) is 0 Å². The highest BCUT2D eigenvalue weighted by molar-refractivity contribution is 7.14. The van der Waals surface area contributed by atoms with Crippen LogP contribution in [0.3, 0.4) is 0 Å². The summed E-state index contributed by atoms with van der Waals surface area (Å²) >= 11 is 3.39. The first-order chi connectivity index (χ1) is 10.8. The number of hydrogen-bond donors (Lipinski definition) is 1. The van der Waals surface area contributed by atoms with Crippen molar-refractivity contribution in [1.29, 1.82) is 0 Å². The molecule has 1 N–H and O–H groups in total. The molecule has 0 fully saturated rings. The van der Waals surface area contributed by atoms with Gasteiger partial charge in [-0.05, 0) is 24.4 Å². The molecule has 0 aliphatic heterocycles. The molecule has 0 unspecified atom stereocenters. The van der Waals surface area contributed by atoms with E-state index in [9.17, 15) is 0 Å². The molecule has 22 heavy (non-hydrogen) atoms. The third kappa shape index (κ3) is 3.38. The number of benzene rings is 1. The molecule has 5 heteroatoms. The minimum atomic E-state index is 0.211. The number of hydrogen-bond acceptors (Lipinski definition) is 5. The Morgan fingerprint density at radius 3 is 2.86 bits per heavy atom. The van der Waals surface area contributed by atoms with Gasteiger partial charge in [0.1, 0.15) is 10.8 Å². The Hall–Kier alpha value is -1.69. The van der Waals surface area contributed by atoms with E-state index in [2.05, 4.69) is 40.5 Å². The van der Waals surface area contributed by atoms with Crippen LogP contribution in [-0.4, -0.2) is 12.1 Å². The van der Waals surface area contributed by atoms with E-state index in [4.69, 9.17) is 9.72 Å². The summed E-state index contributed by atoms with van der Waals surface area (Å²) in [5, 5.41) is 10.9. The lowest BCUT2D eigenvalue weighted by molar-refractivity contribution is 0.401. The molecular weight excluding hydrogens is 312 g/mol. The molecule has 3 nitrogen and oxygen atoms in total. The first kappa shape index (κ1) is 15.2. The summed E-state index contributed by atoms with van der Waals surface area (Å²) in [5.41, 5.74) is 3.45. The smallest absolute Gasteiger partial charge is 0.124 e. The first-order valence-corrected chi connectivity index (χ1v) is 8.93. The first-order valence-electron chi connectivity index (χ1n) is 7.11. The minimum absolute atomic E-state index is 0.211. The van der Waals surface area contributed by atoms with E-state index >= 15 is 0 Å². The highest BCUT2D eigenvalue weighted by Crippen LogP contribution is 2.27. The molecule has 0 aliphatic carbocycles. The van der Waals surface area contributed by atoms with Crippen LogP contribution in [0.15, 0.2) is 46.5 Å². The van der Waals surface area contributed by atoms with Gasteiger partial charge in [0.25, 0.3) is 0 Å². The Bertz CT molecular complexity index is 722. The molecule has 0 radical (unpaired) electrons. The van der Waals surface area contributed by atoms with E-state index in [0.29, 0.717) is 0 Å². The molecule has 2 aromatic heterocycles. The van der Waals surface area contributed by atoms with Gasteiger partial charge in [0.05, 0.1) is 12.8 Å². The number of rotatable bonds is 6. The second-order valence-corrected chi connectivity index (χ2v) is 6.64. The molecule has 114 valence electrons. The fourth-order valence-corrected chi connectivity index (χ4v) is 3.83. The van der Waals surface area contributed by atoms with E-state index in [1.54, 1.807) is 29.8 Å². The predicted molar refractivity (Wildman–Crippen MR) is 93.7 cm³/mol. The molecule has 1 aromatic carbocycles. The van der Waals surface area contributed by atoms with Crippen LogP contribution >= 0.6 is 22.7 Å². The van der Waals surface area contributed by atoms with Crippen molar-refractivity contribution in [2.24, 2.45) is 0 Å². The van der Waals surface area contributed by atoms with Crippen molar-refractivity contribution in [2.45, 2.75) is 19.5 Å². The maximum atomic E-state index is 5.42. The lowest BCUT2D eigenvalue weighted by Gasteiger charge is -2.16. The van der Waals surface area contributed by atoms with Gasteiger partial charge in [-0.1, -0.05) is 18.2 Å². The quantitative estimate of drug-likeness (QED) is 0.709. The van der Waals surface area contributed by atoms with Crippen LogP contribution in [-0.2, 0) is 6.54 Å². The minimum Gasteiger partial charge on any atom is -0.496 e. The maximum Gasteiger partial charge on any atom is 0.124 e. The number of thiophene rings is 1. The lowest BCUT2D eigenvalue weighted by Crippen LogP contribution is -2.18. The summed E-state index contributed by atoms with van der Waals surface area (Å²) in [7, 11) is 1.71. The van der Waals surface area contributed by atoms with E-state index < -0.39 is 0 Å². The standard InChI is InChI=1S/C17H18N2OS2/c1-12(15-5-3-4-6-16(15)20-2)18-9-14-11-22-17(19-14)13-7-8-21-10-13/h3-8,10-12,18H,9H2,1-2H3/t12-/m0/s1. The number of nitrogens with zero attached hydrogens (tertiary/aromatic N) is 1. The van der Waals surface area contributed by atoms with Crippen molar-refractivity contribution < 1.29 is 4.74 Å². The summed E-state index contributed by atoms with van der Waals surface area (Å²) in [6.07, 6.45) is 0. The second-order valence-electron chi connectivity index (χ2n) is 5.00. The fraction of sp³-hybridized carbons (Fsp3) is 0.235. The van der Waals surface area contributed by atoms with Crippen LogP contribution < -0.4 is 10.1 Å². The highest BCUT2D eigenvalue weighted by Gasteiger charge is 2.11. The zero-order valence-electron chi connectivity index (χ0n) is 12.6. The summed E-state index contributed by atoms with van der Waals surface area (Å²) in [5.74, 6) is 0.916. The molecule has 3 aromatic rings. The zero-order chi connectivity index (χ0) is 15.4. The molecule has 0 spiro atoms. The maximum absolute atomic E-state index is 5.42. The van der Waals surface area contributed by atoms with Gasteiger partial charge in [0, 0.05) is 34.5 Å². The molecule has 2 heterocycles. The van der Waals surface area contributed by atoms with Gasteiger partial charge >= 0.3 is 0 Å². The number of thiazole rings is 1. The van der Waals surface area contributed by atoms with Crippen LogP contribution in [0.5, 0.6) is 5.75 Å². The van der Waals surface area contributed by atoms with Crippen LogP contribution in [0, 0.1) is 0 Å². The van der Waals surface area contributed by atoms with Crippen molar-refractivity contribution in [3.63, 3.8) is 0 Å². The van der Waals surface area contributed by atoms with Crippen LogP contribution in [0.1, 0.15) is 24.2 Å². The Morgan fingerprint density at radius 1 is 1.23 bits per heavy atom. The Balaban J connectivity index is 1.65. The highest BCUT2D eigenvalue weighted by atomic mass is 32.1. The summed E-state index contributed by atoms with van der Waals surface area (Å²) in [6.45, 7) is 2.89. The molecule has 1 atom stereocenters. The Morgan fingerprint density at radius 2 is 2.09 bits per heavy atom. The van der Waals surface area contributed by atoms with Gasteiger partial charge in [0.15, 0.2) is 0 Å². The largest absolute Gasteiger partial charge is 0.496 e. The zero-order valence-corrected chi connectivity index (χ0v) is 14.2. The van der Waals surface area contributed by atoms with Crippen molar-refractivity contribution in [3.05, 3.63) is 57.7 Å². The monoisotopic (exact) mass is 330 g/mol. The molecule has 3 rings (SSSR count). The van der Waals surface area contributed by atoms with Crippen LogP contribution in [0.25, 0.3) is 10.6 Å². The number of aromatic nitrogens is 1. The number of para-hydroxylation sites is 1. The van der Waals surface area contributed by atoms with Gasteiger partial charge in [-0.2, -0.15) is 11.3 Å². The van der Waals surface area contributed by atoms with E-state index in [0.717, 1.165) is 23.0 Å². The molecule has 0 amide bonds. The van der Waals surface area contributed by atoms with Crippen LogP contribution in [0.2, 0.25) is 0 Å². The molecular formula is C17H18N2OS2. The van der Waals surface area contributed by atoms with Crippen molar-refractivity contribution in [1.82, 2.24) is 10.3 Å². The normalized spacial score (nSPS) is 12.3. The number of methoxy groups -OCH3 is 1. The number of nitrogens with one attached hydrogen (secondary N) is 1. The SMILES string of the molecule is COc1ccccc1[C@H](C)NCc1csc(-c2ccsc2)n1. The van der Waals surface area contributed by atoms with Crippen molar-refractivity contribution >= 4 is 22.7 Å². The lowest BCUT2D eigenvalue weighted by atomic mass is 10.1. The Kier molecular flexibility index (Phi) is 4.87. The molecule has 0 saturated carbocycles. The molecule has 0 bridgehead atoms. The fourth-order valence-electron chi connectivity index (χ4n) is 2.30. The Labute approximate surface area is 138 Å². The summed E-state index contributed by atoms with van der Waals surface area (Å²) in [6, 6.07) is 10.4. The number of ether oxygens (including phenoxy) is 1. The van der Waals surface area contributed by atoms with E-state index in [1.807, 2.05) is 18.2 Å². The average molecular weight is 330 g/mol. The van der Waals surface area contributed by atoms with Gasteiger partial charge in [-0.15, -0.1) is 11.3 Å². The second kappa shape index (κ2) is 7.05. The summed E-state index contributed by atoms with van der Waals surface area (Å²) in [4.78, 5) is 4.69. The predicted octanol–water partition coefficient (Wildman–Crippen LogP) is 4.73. The summed E-state index contributed by atoms with van der Waals surface area (Å²) < 4.78 is 5.42. The van der Waals surface area contributed by atoms with E-state index in [-0.39, 0.29) is 6.04 Å². The molecule has 0 aliphatic rings. The van der Waals surface area contributed by atoms with Gasteiger partial charge in [0.2, 0.25) is 0 Å². The van der Waals surface area contributed by atoms with Crippen molar-refractivity contribution in [2.75, 3.05) is 7.11 Å². The van der Waals surface area contributed by atoms with Gasteiger partial charge < -0.3 is 10.1 Å². The van der Waals surface area contributed by atoms with Crippen molar-refractivity contribution in [3.8, 4) is 16.3 Å². The van der Waals surface area contributed by atoms with Crippen LogP contribution in [0.4, 0.5) is 0 Å². The van der Waals surface area contributed by atoms with Gasteiger partial charge in [-0.25, -0.2) is 4.98 Å². The third-order valence-electron chi connectivity index (χ3n) is 3.51. The molecule has 0 saturated heterocycles. The topological polar surface area (TPSA) is 34.1 Å². The average Bonchev–Trinajstić information content (AvgIpc) is 3.23.